The number of hydrogen-bond acceptors (Lipinski definition) is 1. The number of rotatable bonds is 11. The predicted molar refractivity (Wildman–Crippen MR) is 81.0 cm³/mol. The van der Waals surface area contributed by atoms with Gasteiger partial charge in [0, 0.05) is 6.10 Å². The van der Waals surface area contributed by atoms with E-state index in [4.69, 9.17) is 4.43 Å². The highest BCUT2D eigenvalue weighted by Crippen LogP contribution is 2.26. The van der Waals surface area contributed by atoms with Crippen molar-refractivity contribution in [2.75, 3.05) is 0 Å². The molecular weight excluding hydrogens is 224 g/mol. The van der Waals surface area contributed by atoms with Gasteiger partial charge in [-0.05, 0) is 43.8 Å². The minimum Gasteiger partial charge on any atom is -0.414 e. The van der Waals surface area contributed by atoms with Gasteiger partial charge in [0.2, 0.25) is 0 Å². The molecule has 0 heterocycles. The van der Waals surface area contributed by atoms with Gasteiger partial charge in [0.25, 0.3) is 0 Å². The van der Waals surface area contributed by atoms with E-state index >= 15 is 0 Å². The molecule has 0 amide bonds. The van der Waals surface area contributed by atoms with Crippen LogP contribution in [0.25, 0.3) is 0 Å². The molecule has 0 fully saturated rings. The number of allylic oxidation sites excluding steroid dienone is 1. The summed E-state index contributed by atoms with van der Waals surface area (Å²) in [6.07, 6.45) is 8.63. The third-order valence-corrected chi connectivity index (χ3v) is 8.69. The highest BCUT2D eigenvalue weighted by atomic mass is 28.4. The second-order valence-corrected chi connectivity index (χ2v) is 9.69. The van der Waals surface area contributed by atoms with Gasteiger partial charge < -0.3 is 4.43 Å². The van der Waals surface area contributed by atoms with Gasteiger partial charge in [-0.1, -0.05) is 40.2 Å². The normalized spacial score (nSPS) is 13.6. The van der Waals surface area contributed by atoms with E-state index in [0.717, 1.165) is 6.42 Å². The maximum atomic E-state index is 6.53. The van der Waals surface area contributed by atoms with Crippen LogP contribution in [0.5, 0.6) is 0 Å². The molecule has 0 aromatic heterocycles. The Morgan fingerprint density at radius 3 is 2.06 bits per heavy atom. The summed E-state index contributed by atoms with van der Waals surface area (Å²) in [7, 11) is -1.39. The van der Waals surface area contributed by atoms with Crippen molar-refractivity contribution in [1.82, 2.24) is 0 Å². The molecule has 1 atom stereocenters. The van der Waals surface area contributed by atoms with Gasteiger partial charge in [0.1, 0.15) is 0 Å². The Morgan fingerprint density at radius 1 is 1.06 bits per heavy atom. The summed E-state index contributed by atoms with van der Waals surface area (Å²) in [6, 6.07) is 3.80. The Labute approximate surface area is 110 Å². The van der Waals surface area contributed by atoms with Gasteiger partial charge >= 0.3 is 0 Å². The summed E-state index contributed by atoms with van der Waals surface area (Å²) in [5.74, 6) is 0. The molecular formula is C15H32OSi. The highest BCUT2D eigenvalue weighted by Gasteiger charge is 2.31. The molecule has 17 heavy (non-hydrogen) atoms. The SMILES string of the molecule is C=CCCCCC(CC)O[Si](CC)(CC)CC. The first-order chi connectivity index (χ1) is 8.17. The van der Waals surface area contributed by atoms with E-state index < -0.39 is 8.32 Å². The highest BCUT2D eigenvalue weighted by molar-refractivity contribution is 6.73. The van der Waals surface area contributed by atoms with Crippen LogP contribution in [0, 0.1) is 0 Å². The summed E-state index contributed by atoms with van der Waals surface area (Å²) >= 11 is 0. The molecule has 0 radical (unpaired) electrons. The Kier molecular flexibility index (Phi) is 9.85. The summed E-state index contributed by atoms with van der Waals surface area (Å²) < 4.78 is 6.53. The largest absolute Gasteiger partial charge is 0.414 e. The van der Waals surface area contributed by atoms with Crippen LogP contribution in [0.1, 0.15) is 59.8 Å². The molecule has 0 spiro atoms. The summed E-state index contributed by atoms with van der Waals surface area (Å²) in [4.78, 5) is 0. The molecule has 0 saturated heterocycles. The van der Waals surface area contributed by atoms with E-state index in [0.29, 0.717) is 6.10 Å². The maximum absolute atomic E-state index is 6.53. The fraction of sp³-hybridized carbons (Fsp3) is 0.867. The van der Waals surface area contributed by atoms with Crippen molar-refractivity contribution in [3.63, 3.8) is 0 Å². The molecule has 0 N–H and O–H groups in total. The van der Waals surface area contributed by atoms with E-state index in [1.54, 1.807) is 0 Å². The first-order valence-corrected chi connectivity index (χ1v) is 9.99. The van der Waals surface area contributed by atoms with Crippen LogP contribution in [0.4, 0.5) is 0 Å². The third kappa shape index (κ3) is 6.42. The molecule has 0 aliphatic carbocycles. The van der Waals surface area contributed by atoms with Crippen molar-refractivity contribution in [3.8, 4) is 0 Å². The molecule has 0 aliphatic heterocycles. The lowest BCUT2D eigenvalue weighted by Crippen LogP contribution is -2.39. The molecule has 0 aromatic rings. The van der Waals surface area contributed by atoms with Crippen molar-refractivity contribution in [2.24, 2.45) is 0 Å². The molecule has 1 nitrogen and oxygen atoms in total. The Balaban J connectivity index is 4.12. The second kappa shape index (κ2) is 9.90. The summed E-state index contributed by atoms with van der Waals surface area (Å²) in [5, 5.41) is 0. The van der Waals surface area contributed by atoms with Crippen LogP contribution < -0.4 is 0 Å². The van der Waals surface area contributed by atoms with E-state index in [1.165, 1.54) is 43.8 Å². The minimum absolute atomic E-state index is 0.506. The average Bonchev–Trinajstić information content (AvgIpc) is 2.39. The molecule has 1 unspecified atom stereocenters. The van der Waals surface area contributed by atoms with Crippen molar-refractivity contribution < 1.29 is 4.43 Å². The molecule has 102 valence electrons. The average molecular weight is 257 g/mol. The van der Waals surface area contributed by atoms with Gasteiger partial charge in [-0.25, -0.2) is 0 Å². The minimum atomic E-state index is -1.39. The van der Waals surface area contributed by atoms with Crippen LogP contribution in [0.3, 0.4) is 0 Å². The lowest BCUT2D eigenvalue weighted by Gasteiger charge is -2.33. The zero-order chi connectivity index (χ0) is 13.1. The van der Waals surface area contributed by atoms with Crippen molar-refractivity contribution >= 4 is 8.32 Å². The number of hydrogen-bond donors (Lipinski definition) is 0. The van der Waals surface area contributed by atoms with E-state index in [-0.39, 0.29) is 0 Å². The standard InChI is InChI=1S/C15H32OSi/c1-6-11-12-13-14-15(7-2)16-17(8-3,9-4)10-5/h6,15H,1,7-14H2,2-5H3. The van der Waals surface area contributed by atoms with Crippen LogP contribution in [-0.2, 0) is 4.43 Å². The Hall–Kier alpha value is -0.0831. The van der Waals surface area contributed by atoms with E-state index in [9.17, 15) is 0 Å². The number of unbranched alkanes of at least 4 members (excludes halogenated alkanes) is 2. The predicted octanol–water partition coefficient (Wildman–Crippen LogP) is 5.53. The van der Waals surface area contributed by atoms with Crippen LogP contribution in [-0.4, -0.2) is 14.4 Å². The zero-order valence-corrected chi connectivity index (χ0v) is 13.4. The van der Waals surface area contributed by atoms with Crippen molar-refractivity contribution in [2.45, 2.75) is 84.0 Å². The smallest absolute Gasteiger partial charge is 0.192 e. The molecule has 2 heteroatoms. The molecule has 0 bridgehead atoms. The zero-order valence-electron chi connectivity index (χ0n) is 12.4. The lowest BCUT2D eigenvalue weighted by atomic mass is 10.1. The molecule has 0 aliphatic rings. The van der Waals surface area contributed by atoms with E-state index in [2.05, 4.69) is 34.3 Å². The fourth-order valence-corrected chi connectivity index (χ4v) is 5.35. The topological polar surface area (TPSA) is 9.23 Å². The van der Waals surface area contributed by atoms with Gasteiger partial charge in [0.15, 0.2) is 8.32 Å². The quantitative estimate of drug-likeness (QED) is 0.268. The summed E-state index contributed by atoms with van der Waals surface area (Å²) in [6.45, 7) is 13.0. The fourth-order valence-electron chi connectivity index (χ4n) is 2.36. The molecule has 0 saturated carbocycles. The lowest BCUT2D eigenvalue weighted by molar-refractivity contribution is 0.168. The monoisotopic (exact) mass is 256 g/mol. The Morgan fingerprint density at radius 2 is 1.65 bits per heavy atom. The maximum Gasteiger partial charge on any atom is 0.192 e. The van der Waals surface area contributed by atoms with Crippen molar-refractivity contribution in [1.29, 1.82) is 0 Å². The van der Waals surface area contributed by atoms with Crippen LogP contribution in [0.15, 0.2) is 12.7 Å². The Bertz CT molecular complexity index is 179. The van der Waals surface area contributed by atoms with Crippen molar-refractivity contribution in [3.05, 3.63) is 12.7 Å². The van der Waals surface area contributed by atoms with Crippen LogP contribution in [0.2, 0.25) is 18.1 Å². The molecule has 0 aromatic carbocycles. The molecule has 0 rings (SSSR count). The van der Waals surface area contributed by atoms with Gasteiger partial charge in [-0.3, -0.25) is 0 Å². The first kappa shape index (κ1) is 16.9. The van der Waals surface area contributed by atoms with Gasteiger partial charge in [-0.15, -0.1) is 6.58 Å². The third-order valence-electron chi connectivity index (χ3n) is 3.99. The second-order valence-electron chi connectivity index (χ2n) is 4.96. The van der Waals surface area contributed by atoms with Gasteiger partial charge in [0.05, 0.1) is 0 Å². The summed E-state index contributed by atoms with van der Waals surface area (Å²) in [5.41, 5.74) is 0. The van der Waals surface area contributed by atoms with Crippen LogP contribution >= 0.6 is 0 Å². The first-order valence-electron chi connectivity index (χ1n) is 7.46. The van der Waals surface area contributed by atoms with Gasteiger partial charge in [-0.2, -0.15) is 0 Å². The van der Waals surface area contributed by atoms with E-state index in [1.807, 2.05) is 6.08 Å².